The summed E-state index contributed by atoms with van der Waals surface area (Å²) in [5.74, 6) is 0.452. The number of ether oxygens (including phenoxy) is 2. The molecule has 1 amide bonds. The summed E-state index contributed by atoms with van der Waals surface area (Å²) in [4.78, 5) is 24.6. The van der Waals surface area contributed by atoms with Gasteiger partial charge in [-0.2, -0.15) is 0 Å². The van der Waals surface area contributed by atoms with Crippen LogP contribution in [-0.4, -0.2) is 84.6 Å². The minimum atomic E-state index is -0.567. The SMILES string of the molecule is O=C(c1cncc(N2CCOC[C@H](O)C2)n1)N1CCOCC1. The van der Waals surface area contributed by atoms with Crippen molar-refractivity contribution in [3.05, 3.63) is 18.1 Å². The van der Waals surface area contributed by atoms with E-state index in [1.54, 1.807) is 11.1 Å². The van der Waals surface area contributed by atoms with Gasteiger partial charge in [-0.05, 0) is 0 Å². The molecule has 0 saturated carbocycles. The van der Waals surface area contributed by atoms with Crippen molar-refractivity contribution < 1.29 is 19.4 Å². The molecule has 0 spiro atoms. The topological polar surface area (TPSA) is 88.0 Å². The first-order valence-electron chi connectivity index (χ1n) is 7.44. The van der Waals surface area contributed by atoms with Crippen LogP contribution in [0.15, 0.2) is 12.4 Å². The average Bonchev–Trinajstić information content (AvgIpc) is 2.80. The molecule has 1 aromatic rings. The second-order valence-corrected chi connectivity index (χ2v) is 5.34. The van der Waals surface area contributed by atoms with E-state index >= 15 is 0 Å². The number of aromatic nitrogens is 2. The fourth-order valence-electron chi connectivity index (χ4n) is 2.54. The van der Waals surface area contributed by atoms with Gasteiger partial charge in [0.2, 0.25) is 0 Å². The van der Waals surface area contributed by atoms with Gasteiger partial charge in [0.25, 0.3) is 5.91 Å². The Morgan fingerprint density at radius 2 is 1.95 bits per heavy atom. The van der Waals surface area contributed by atoms with Crippen molar-refractivity contribution in [3.8, 4) is 0 Å². The number of aliphatic hydroxyl groups excluding tert-OH is 1. The van der Waals surface area contributed by atoms with Gasteiger partial charge in [0.1, 0.15) is 11.5 Å². The normalized spacial score (nSPS) is 23.2. The van der Waals surface area contributed by atoms with Crippen LogP contribution < -0.4 is 4.90 Å². The van der Waals surface area contributed by atoms with Crippen molar-refractivity contribution in [3.63, 3.8) is 0 Å². The van der Waals surface area contributed by atoms with Crippen LogP contribution in [0.5, 0.6) is 0 Å². The quantitative estimate of drug-likeness (QED) is 0.761. The third-order valence-corrected chi connectivity index (χ3v) is 3.71. The highest BCUT2D eigenvalue weighted by Crippen LogP contribution is 2.14. The van der Waals surface area contributed by atoms with E-state index in [2.05, 4.69) is 9.97 Å². The van der Waals surface area contributed by atoms with Crippen molar-refractivity contribution in [2.45, 2.75) is 6.10 Å². The van der Waals surface area contributed by atoms with Gasteiger partial charge in [0.15, 0.2) is 0 Å². The molecule has 3 rings (SSSR count). The minimum Gasteiger partial charge on any atom is -0.389 e. The fraction of sp³-hybridized carbons (Fsp3) is 0.643. The average molecular weight is 308 g/mol. The molecule has 120 valence electrons. The van der Waals surface area contributed by atoms with Crippen LogP contribution in [0.2, 0.25) is 0 Å². The number of β-amino-alcohol motifs (C(OH)–C–C–N with tert-alkyl or cyclic N) is 1. The highest BCUT2D eigenvalue weighted by atomic mass is 16.5. The summed E-state index contributed by atoms with van der Waals surface area (Å²) in [5.41, 5.74) is 0.319. The molecular formula is C14H20N4O4. The number of carbonyl (C=O) groups excluding carboxylic acids is 1. The largest absolute Gasteiger partial charge is 0.389 e. The van der Waals surface area contributed by atoms with E-state index < -0.39 is 6.10 Å². The molecule has 1 N–H and O–H groups in total. The summed E-state index contributed by atoms with van der Waals surface area (Å²) in [6.45, 7) is 4.10. The van der Waals surface area contributed by atoms with E-state index in [4.69, 9.17) is 9.47 Å². The molecular weight excluding hydrogens is 288 g/mol. The minimum absolute atomic E-state index is 0.135. The van der Waals surface area contributed by atoms with Crippen molar-refractivity contribution in [1.82, 2.24) is 14.9 Å². The van der Waals surface area contributed by atoms with Crippen LogP contribution in [0.25, 0.3) is 0 Å². The molecule has 2 aliphatic heterocycles. The Kier molecular flexibility index (Phi) is 4.81. The Bertz CT molecular complexity index is 521. The van der Waals surface area contributed by atoms with Crippen LogP contribution in [-0.2, 0) is 9.47 Å². The van der Waals surface area contributed by atoms with Gasteiger partial charge in [-0.1, -0.05) is 0 Å². The van der Waals surface area contributed by atoms with Crippen molar-refractivity contribution >= 4 is 11.7 Å². The van der Waals surface area contributed by atoms with Crippen molar-refractivity contribution in [1.29, 1.82) is 0 Å². The van der Waals surface area contributed by atoms with Crippen molar-refractivity contribution in [2.24, 2.45) is 0 Å². The van der Waals surface area contributed by atoms with E-state index in [0.717, 1.165) is 0 Å². The molecule has 8 heteroatoms. The monoisotopic (exact) mass is 308 g/mol. The second-order valence-electron chi connectivity index (χ2n) is 5.34. The van der Waals surface area contributed by atoms with Crippen LogP contribution in [0.1, 0.15) is 10.5 Å². The van der Waals surface area contributed by atoms with Gasteiger partial charge >= 0.3 is 0 Å². The summed E-state index contributed by atoms with van der Waals surface area (Å²) in [6.07, 6.45) is 2.52. The van der Waals surface area contributed by atoms with Crippen LogP contribution in [0.3, 0.4) is 0 Å². The third kappa shape index (κ3) is 3.52. The summed E-state index contributed by atoms with van der Waals surface area (Å²) >= 11 is 0. The molecule has 8 nitrogen and oxygen atoms in total. The molecule has 0 radical (unpaired) electrons. The van der Waals surface area contributed by atoms with E-state index in [1.807, 2.05) is 4.90 Å². The summed E-state index contributed by atoms with van der Waals surface area (Å²) in [7, 11) is 0. The Hall–Kier alpha value is -1.77. The molecule has 2 fully saturated rings. The standard InChI is InChI=1S/C14H20N4O4/c19-11-9-18(3-6-22-10-11)13-8-15-7-12(16-13)14(20)17-1-4-21-5-2-17/h7-8,11,19H,1-6,9-10H2/t11-/m1/s1. The van der Waals surface area contributed by atoms with Gasteiger partial charge in [0, 0.05) is 26.2 Å². The number of aliphatic hydroxyl groups is 1. The molecule has 0 unspecified atom stereocenters. The number of rotatable bonds is 2. The van der Waals surface area contributed by atoms with E-state index in [9.17, 15) is 9.90 Å². The molecule has 2 saturated heterocycles. The Morgan fingerprint density at radius 3 is 2.77 bits per heavy atom. The van der Waals surface area contributed by atoms with Crippen LogP contribution in [0, 0.1) is 0 Å². The molecule has 2 aliphatic rings. The maximum absolute atomic E-state index is 12.4. The lowest BCUT2D eigenvalue weighted by Crippen LogP contribution is -2.41. The number of amides is 1. The van der Waals surface area contributed by atoms with Gasteiger partial charge < -0.3 is 24.4 Å². The number of carbonyl (C=O) groups is 1. The summed E-state index contributed by atoms with van der Waals surface area (Å²) < 4.78 is 10.6. The third-order valence-electron chi connectivity index (χ3n) is 3.71. The van der Waals surface area contributed by atoms with Gasteiger partial charge in [-0.3, -0.25) is 9.78 Å². The number of morpholine rings is 1. The van der Waals surface area contributed by atoms with E-state index in [0.29, 0.717) is 64.1 Å². The zero-order valence-electron chi connectivity index (χ0n) is 12.3. The van der Waals surface area contributed by atoms with Gasteiger partial charge in [0.05, 0.1) is 44.9 Å². The Morgan fingerprint density at radius 1 is 1.18 bits per heavy atom. The number of nitrogens with zero attached hydrogens (tertiary/aromatic N) is 4. The van der Waals surface area contributed by atoms with Crippen molar-refractivity contribution in [2.75, 3.05) is 57.5 Å². The first kappa shape index (κ1) is 15.1. The molecule has 1 aromatic heterocycles. The fourth-order valence-corrected chi connectivity index (χ4v) is 2.54. The van der Waals surface area contributed by atoms with Crippen LogP contribution in [0.4, 0.5) is 5.82 Å². The predicted octanol–water partition coefficient (Wildman–Crippen LogP) is -0.853. The highest BCUT2D eigenvalue weighted by molar-refractivity contribution is 5.92. The van der Waals surface area contributed by atoms with Gasteiger partial charge in [-0.25, -0.2) is 4.98 Å². The maximum Gasteiger partial charge on any atom is 0.274 e. The molecule has 1 atom stereocenters. The van der Waals surface area contributed by atoms with Gasteiger partial charge in [-0.15, -0.1) is 0 Å². The highest BCUT2D eigenvalue weighted by Gasteiger charge is 2.22. The predicted molar refractivity (Wildman–Crippen MR) is 77.8 cm³/mol. The first-order valence-corrected chi connectivity index (χ1v) is 7.44. The van der Waals surface area contributed by atoms with E-state index in [1.165, 1.54) is 6.20 Å². The maximum atomic E-state index is 12.4. The zero-order valence-corrected chi connectivity index (χ0v) is 12.3. The number of hydrogen-bond donors (Lipinski definition) is 1. The first-order chi connectivity index (χ1) is 10.7. The summed E-state index contributed by atoms with van der Waals surface area (Å²) in [6, 6.07) is 0. The van der Waals surface area contributed by atoms with E-state index in [-0.39, 0.29) is 5.91 Å². The number of anilines is 1. The molecule has 22 heavy (non-hydrogen) atoms. The summed E-state index contributed by atoms with van der Waals surface area (Å²) in [5, 5.41) is 9.80. The lowest BCUT2D eigenvalue weighted by Gasteiger charge is -2.27. The second kappa shape index (κ2) is 6.99. The molecule has 0 bridgehead atoms. The van der Waals surface area contributed by atoms with Crippen LogP contribution >= 0.6 is 0 Å². The molecule has 3 heterocycles. The Labute approximate surface area is 128 Å². The molecule has 0 aromatic carbocycles. The zero-order chi connectivity index (χ0) is 15.4. The smallest absolute Gasteiger partial charge is 0.274 e. The number of hydrogen-bond acceptors (Lipinski definition) is 7. The molecule has 0 aliphatic carbocycles. The lowest BCUT2D eigenvalue weighted by molar-refractivity contribution is 0.0299. The Balaban J connectivity index is 1.75. The lowest BCUT2D eigenvalue weighted by atomic mass is 10.3.